The maximum absolute atomic E-state index is 6.66. The summed E-state index contributed by atoms with van der Waals surface area (Å²) in [6.45, 7) is 6.66. The molecule has 1 aliphatic rings. The van der Waals surface area contributed by atoms with Crippen LogP contribution in [0.2, 0.25) is 0 Å². The molecule has 0 amide bonds. The van der Waals surface area contributed by atoms with Crippen molar-refractivity contribution in [3.63, 3.8) is 0 Å². The van der Waals surface area contributed by atoms with Crippen LogP contribution >= 0.6 is 0 Å². The van der Waals surface area contributed by atoms with Crippen LogP contribution < -0.4 is 5.73 Å². The van der Waals surface area contributed by atoms with Crippen LogP contribution in [0.3, 0.4) is 0 Å². The summed E-state index contributed by atoms with van der Waals surface area (Å²) in [5.41, 5.74) is 7.91. The topological polar surface area (TPSA) is 47.1 Å². The minimum atomic E-state index is 0.133. The van der Waals surface area contributed by atoms with E-state index >= 15 is 0 Å². The molecule has 1 heterocycles. The first-order valence-electron chi connectivity index (χ1n) is 8.32. The van der Waals surface area contributed by atoms with Crippen LogP contribution in [0.25, 0.3) is 0 Å². The molecule has 1 aromatic rings. The van der Waals surface area contributed by atoms with Gasteiger partial charge in [0.1, 0.15) is 0 Å². The van der Waals surface area contributed by atoms with Crippen molar-refractivity contribution in [1.82, 2.24) is 14.7 Å². The first-order valence-corrected chi connectivity index (χ1v) is 8.32. The largest absolute Gasteiger partial charge is 0.326 e. The van der Waals surface area contributed by atoms with E-state index in [0.29, 0.717) is 6.04 Å². The molecule has 1 aromatic heterocycles. The molecule has 0 spiro atoms. The molecule has 1 aliphatic carbocycles. The number of likely N-dealkylation sites (N-methyl/N-ethyl adjacent to an activating group) is 1. The molecule has 0 bridgehead atoms. The zero-order chi connectivity index (χ0) is 15.6. The van der Waals surface area contributed by atoms with Crippen molar-refractivity contribution in [1.29, 1.82) is 0 Å². The van der Waals surface area contributed by atoms with E-state index in [1.54, 1.807) is 0 Å². The predicted octanol–water partition coefficient (Wildman–Crippen LogP) is 2.84. The van der Waals surface area contributed by atoms with E-state index in [0.717, 1.165) is 18.0 Å². The van der Waals surface area contributed by atoms with Gasteiger partial charge in [-0.3, -0.25) is 4.68 Å². The number of hydrogen-bond acceptors (Lipinski definition) is 3. The van der Waals surface area contributed by atoms with Gasteiger partial charge in [0.2, 0.25) is 0 Å². The second-order valence-corrected chi connectivity index (χ2v) is 7.37. The van der Waals surface area contributed by atoms with Crippen LogP contribution in [0.1, 0.15) is 58.2 Å². The maximum Gasteiger partial charge on any atom is 0.0640 e. The van der Waals surface area contributed by atoms with Crippen molar-refractivity contribution in [3.8, 4) is 0 Å². The lowest BCUT2D eigenvalue weighted by Crippen LogP contribution is -2.59. The second-order valence-electron chi connectivity index (χ2n) is 7.37. The Kier molecular flexibility index (Phi) is 5.10. The Morgan fingerprint density at radius 2 is 2.00 bits per heavy atom. The van der Waals surface area contributed by atoms with Crippen LogP contribution in [0.15, 0.2) is 12.3 Å². The molecule has 1 unspecified atom stereocenters. The number of hydrogen-bond donors (Lipinski definition) is 1. The Labute approximate surface area is 129 Å². The van der Waals surface area contributed by atoms with Gasteiger partial charge in [-0.15, -0.1) is 0 Å². The lowest BCUT2D eigenvalue weighted by Gasteiger charge is -2.48. The highest BCUT2D eigenvalue weighted by molar-refractivity contribution is 5.08. The number of nitrogens with zero attached hydrogens (tertiary/aromatic N) is 3. The monoisotopic (exact) mass is 292 g/mol. The fourth-order valence-corrected chi connectivity index (χ4v) is 3.60. The van der Waals surface area contributed by atoms with E-state index in [2.05, 4.69) is 57.1 Å². The normalized spacial score (nSPS) is 28.3. The minimum absolute atomic E-state index is 0.133. The Bertz CT molecular complexity index is 441. The van der Waals surface area contributed by atoms with Crippen LogP contribution in [-0.4, -0.2) is 40.4 Å². The van der Waals surface area contributed by atoms with Gasteiger partial charge in [0.25, 0.3) is 0 Å². The van der Waals surface area contributed by atoms with E-state index in [1.807, 2.05) is 4.68 Å². The zero-order valence-corrected chi connectivity index (χ0v) is 14.3. The zero-order valence-electron chi connectivity index (χ0n) is 14.3. The molecule has 1 fully saturated rings. The third kappa shape index (κ3) is 3.49. The van der Waals surface area contributed by atoms with Crippen molar-refractivity contribution >= 4 is 0 Å². The molecule has 2 rings (SSSR count). The highest BCUT2D eigenvalue weighted by Gasteiger charge is 2.41. The van der Waals surface area contributed by atoms with Gasteiger partial charge in [-0.25, -0.2) is 0 Å². The molecule has 4 heteroatoms. The van der Waals surface area contributed by atoms with Gasteiger partial charge >= 0.3 is 0 Å². The van der Waals surface area contributed by atoms with Crippen LogP contribution in [0.4, 0.5) is 0 Å². The molecular formula is C17H32N4. The first-order chi connectivity index (χ1) is 9.85. The van der Waals surface area contributed by atoms with Gasteiger partial charge < -0.3 is 10.6 Å². The quantitative estimate of drug-likeness (QED) is 0.908. The van der Waals surface area contributed by atoms with Gasteiger partial charge in [0, 0.05) is 30.2 Å². The van der Waals surface area contributed by atoms with Gasteiger partial charge in [-0.1, -0.05) is 6.92 Å². The van der Waals surface area contributed by atoms with Crippen LogP contribution in [-0.2, 0) is 6.42 Å². The summed E-state index contributed by atoms with van der Waals surface area (Å²) < 4.78 is 2.02. The van der Waals surface area contributed by atoms with Gasteiger partial charge in [0.05, 0.1) is 5.69 Å². The van der Waals surface area contributed by atoms with E-state index in [1.165, 1.54) is 25.7 Å². The van der Waals surface area contributed by atoms with Crippen molar-refractivity contribution in [2.75, 3.05) is 14.1 Å². The summed E-state index contributed by atoms with van der Waals surface area (Å²) in [6.07, 6.45) is 7.91. The molecule has 0 aromatic carbocycles. The number of rotatable bonds is 5. The third-order valence-corrected chi connectivity index (χ3v) is 5.34. The summed E-state index contributed by atoms with van der Waals surface area (Å²) in [5, 5.41) is 4.67. The average Bonchev–Trinajstić information content (AvgIpc) is 2.88. The minimum Gasteiger partial charge on any atom is -0.326 e. The third-order valence-electron chi connectivity index (χ3n) is 5.34. The lowest BCUT2D eigenvalue weighted by molar-refractivity contribution is 0.0565. The highest BCUT2D eigenvalue weighted by Crippen LogP contribution is 2.37. The fraction of sp³-hybridized carbons (Fsp3) is 0.824. The summed E-state index contributed by atoms with van der Waals surface area (Å²) in [5.74, 6) is 0.838. The van der Waals surface area contributed by atoms with Crippen molar-refractivity contribution in [3.05, 3.63) is 18.0 Å². The molecule has 120 valence electrons. The second kappa shape index (κ2) is 6.49. The molecule has 4 nitrogen and oxygen atoms in total. The van der Waals surface area contributed by atoms with E-state index < -0.39 is 0 Å². The molecule has 0 radical (unpaired) electrons. The van der Waals surface area contributed by atoms with E-state index in [-0.39, 0.29) is 11.6 Å². The Balaban J connectivity index is 2.09. The maximum atomic E-state index is 6.66. The molecule has 21 heavy (non-hydrogen) atoms. The van der Waals surface area contributed by atoms with Crippen LogP contribution in [0, 0.1) is 5.92 Å². The van der Waals surface area contributed by atoms with Gasteiger partial charge in [-0.2, -0.15) is 5.10 Å². The molecule has 1 saturated carbocycles. The van der Waals surface area contributed by atoms with Gasteiger partial charge in [-0.05, 0) is 65.6 Å². The molecule has 2 N–H and O–H groups in total. The van der Waals surface area contributed by atoms with Crippen molar-refractivity contribution < 1.29 is 0 Å². The Morgan fingerprint density at radius 1 is 1.38 bits per heavy atom. The first kappa shape index (κ1) is 16.5. The summed E-state index contributed by atoms with van der Waals surface area (Å²) >= 11 is 0. The molecular weight excluding hydrogens is 260 g/mol. The lowest BCUT2D eigenvalue weighted by atomic mass is 9.71. The van der Waals surface area contributed by atoms with Crippen molar-refractivity contribution in [2.45, 2.75) is 70.5 Å². The predicted molar refractivity (Wildman–Crippen MR) is 88.3 cm³/mol. The Hall–Kier alpha value is -0.870. The summed E-state index contributed by atoms with van der Waals surface area (Å²) in [6, 6.07) is 2.68. The summed E-state index contributed by atoms with van der Waals surface area (Å²) in [7, 11) is 4.37. The fourth-order valence-electron chi connectivity index (χ4n) is 3.60. The SMILES string of the molecule is CC1CCC(C(N)Cc2ccn(C(C)C)n2)(N(C)C)CC1. The molecule has 0 aliphatic heterocycles. The van der Waals surface area contributed by atoms with Crippen molar-refractivity contribution in [2.24, 2.45) is 11.7 Å². The molecule has 0 saturated heterocycles. The highest BCUT2D eigenvalue weighted by atomic mass is 15.3. The number of nitrogens with two attached hydrogens (primary N) is 1. The van der Waals surface area contributed by atoms with E-state index in [4.69, 9.17) is 5.73 Å². The summed E-state index contributed by atoms with van der Waals surface area (Å²) in [4.78, 5) is 2.36. The standard InChI is InChI=1S/C17H32N4/c1-13(2)21-11-8-15(19-21)12-16(18)17(20(4)5)9-6-14(3)7-10-17/h8,11,13-14,16H,6-7,9-10,12,18H2,1-5H3. The smallest absolute Gasteiger partial charge is 0.0640 e. The van der Waals surface area contributed by atoms with E-state index in [9.17, 15) is 0 Å². The van der Waals surface area contributed by atoms with Gasteiger partial charge in [0.15, 0.2) is 0 Å². The molecule has 1 atom stereocenters. The average molecular weight is 292 g/mol. The van der Waals surface area contributed by atoms with Crippen LogP contribution in [0.5, 0.6) is 0 Å². The number of aromatic nitrogens is 2. The Morgan fingerprint density at radius 3 is 2.48 bits per heavy atom.